The molecule has 0 aromatic heterocycles. The summed E-state index contributed by atoms with van der Waals surface area (Å²) in [5.74, 6) is 0.592. The van der Waals surface area contributed by atoms with Crippen molar-refractivity contribution in [1.29, 1.82) is 5.26 Å². The van der Waals surface area contributed by atoms with E-state index in [2.05, 4.69) is 18.1 Å². The second-order valence-corrected chi connectivity index (χ2v) is 4.26. The molecule has 0 spiro atoms. The van der Waals surface area contributed by atoms with E-state index < -0.39 is 0 Å². The molecule has 0 fully saturated rings. The summed E-state index contributed by atoms with van der Waals surface area (Å²) >= 11 is 0. The van der Waals surface area contributed by atoms with Gasteiger partial charge in [-0.1, -0.05) is 6.92 Å². The van der Waals surface area contributed by atoms with E-state index in [1.54, 1.807) is 6.07 Å². The molecule has 0 saturated carbocycles. The van der Waals surface area contributed by atoms with E-state index in [4.69, 9.17) is 20.3 Å². The predicted molar refractivity (Wildman–Crippen MR) is 75.9 cm³/mol. The van der Waals surface area contributed by atoms with Gasteiger partial charge in [0, 0.05) is 25.4 Å². The summed E-state index contributed by atoms with van der Waals surface area (Å²) in [5, 5.41) is 12.4. The number of rotatable bonds is 9. The van der Waals surface area contributed by atoms with Gasteiger partial charge < -0.3 is 14.4 Å². The van der Waals surface area contributed by atoms with E-state index in [1.807, 2.05) is 24.1 Å². The molecule has 0 saturated heterocycles. The van der Waals surface area contributed by atoms with Crippen LogP contribution in [-0.2, 0) is 4.74 Å². The fraction of sp³-hybridized carbons (Fsp3) is 0.500. The summed E-state index contributed by atoms with van der Waals surface area (Å²) in [6.45, 7) is 4.05. The Labute approximate surface area is 119 Å². The summed E-state index contributed by atoms with van der Waals surface area (Å²) in [6.07, 6.45) is 0.984. The second-order valence-electron chi connectivity index (χ2n) is 4.26. The van der Waals surface area contributed by atoms with E-state index in [-0.39, 0.29) is 0 Å². The molecule has 6 heteroatoms. The predicted octanol–water partition coefficient (Wildman–Crippen LogP) is 1.29. The standard InChI is InChI=1S/C14H20N4O2/c1-3-8-19-9-10-20-14-11-12(18(2)7-6-15)4-5-13(14)17-16/h4-5,11,16H,3,7-10H2,1-2H3/p+1. The van der Waals surface area contributed by atoms with E-state index >= 15 is 0 Å². The second kappa shape index (κ2) is 8.88. The molecule has 108 valence electrons. The molecule has 0 aliphatic carbocycles. The van der Waals surface area contributed by atoms with Crippen LogP contribution in [0.1, 0.15) is 13.3 Å². The molecule has 6 nitrogen and oxygen atoms in total. The third-order valence-corrected chi connectivity index (χ3v) is 2.66. The van der Waals surface area contributed by atoms with Crippen molar-refractivity contribution in [2.75, 3.05) is 38.3 Å². The first-order valence-electron chi connectivity index (χ1n) is 6.56. The van der Waals surface area contributed by atoms with Gasteiger partial charge in [-0.25, -0.2) is 0 Å². The number of hydrogen-bond acceptors (Lipinski definition) is 5. The lowest BCUT2D eigenvalue weighted by Gasteiger charge is -2.17. The van der Waals surface area contributed by atoms with Gasteiger partial charge in [0.15, 0.2) is 11.4 Å². The number of nitrogens with zero attached hydrogens (tertiary/aromatic N) is 3. The van der Waals surface area contributed by atoms with E-state index in [1.165, 1.54) is 0 Å². The number of benzene rings is 1. The zero-order chi connectivity index (χ0) is 14.8. The topological polar surface area (TPSA) is 83.4 Å². The van der Waals surface area contributed by atoms with Crippen LogP contribution in [0, 0.1) is 11.3 Å². The van der Waals surface area contributed by atoms with Gasteiger partial charge in [0.05, 0.1) is 12.7 Å². The minimum absolute atomic E-state index is 0.304. The largest absolute Gasteiger partial charge is 0.489 e. The molecule has 0 amide bonds. The van der Waals surface area contributed by atoms with Crippen LogP contribution >= 0.6 is 0 Å². The Morgan fingerprint density at radius 3 is 2.80 bits per heavy atom. The van der Waals surface area contributed by atoms with Crippen molar-refractivity contribution < 1.29 is 15.0 Å². The number of nitrogens with two attached hydrogens (primary N) is 1. The van der Waals surface area contributed by atoms with Gasteiger partial charge in [-0.2, -0.15) is 10.8 Å². The lowest BCUT2D eigenvalue weighted by Crippen LogP contribution is -2.22. The Balaban J connectivity index is 2.69. The minimum atomic E-state index is 0.304. The van der Waals surface area contributed by atoms with E-state index in [0.717, 1.165) is 18.7 Å². The SMILES string of the molecule is CCCOCCOc1cc(N(C)CC#N)ccc1N=[NH2+]. The van der Waals surface area contributed by atoms with Crippen molar-refractivity contribution in [1.82, 2.24) is 0 Å². The molecular formula is C14H21N4O2+. The lowest BCUT2D eigenvalue weighted by molar-refractivity contribution is -0.210. The average molecular weight is 277 g/mol. The molecule has 2 N–H and O–H groups in total. The van der Waals surface area contributed by atoms with Crippen LogP contribution in [0.4, 0.5) is 11.4 Å². The molecule has 0 atom stereocenters. The molecule has 1 aromatic rings. The van der Waals surface area contributed by atoms with Crippen molar-refractivity contribution >= 4 is 11.4 Å². The lowest BCUT2D eigenvalue weighted by atomic mass is 10.2. The van der Waals surface area contributed by atoms with Gasteiger partial charge in [-0.3, -0.25) is 0 Å². The van der Waals surface area contributed by atoms with E-state index in [9.17, 15) is 0 Å². The number of ether oxygens (including phenoxy) is 2. The molecule has 0 heterocycles. The fourth-order valence-electron chi connectivity index (χ4n) is 1.62. The highest BCUT2D eigenvalue weighted by Crippen LogP contribution is 2.31. The fourth-order valence-corrected chi connectivity index (χ4v) is 1.62. The van der Waals surface area contributed by atoms with Crippen LogP contribution in [-0.4, -0.2) is 33.4 Å². The first kappa shape index (κ1) is 15.9. The zero-order valence-corrected chi connectivity index (χ0v) is 12.0. The van der Waals surface area contributed by atoms with Gasteiger partial charge >= 0.3 is 0 Å². The van der Waals surface area contributed by atoms with Crippen LogP contribution < -0.4 is 15.2 Å². The third kappa shape index (κ3) is 4.86. The van der Waals surface area contributed by atoms with Crippen molar-refractivity contribution in [3.63, 3.8) is 0 Å². The molecule has 0 radical (unpaired) electrons. The highest BCUT2D eigenvalue weighted by Gasteiger charge is 2.09. The van der Waals surface area contributed by atoms with Crippen LogP contribution in [0.2, 0.25) is 0 Å². The maximum Gasteiger partial charge on any atom is 0.171 e. The summed E-state index contributed by atoms with van der Waals surface area (Å²) in [7, 11) is 1.84. The Kier molecular flexibility index (Phi) is 7.07. The maximum atomic E-state index is 8.71. The minimum Gasteiger partial charge on any atom is -0.489 e. The zero-order valence-electron chi connectivity index (χ0n) is 12.0. The summed E-state index contributed by atoms with van der Waals surface area (Å²) in [5.41, 5.74) is 6.79. The molecule has 0 bridgehead atoms. The molecule has 1 rings (SSSR count). The highest BCUT2D eigenvalue weighted by atomic mass is 16.5. The average Bonchev–Trinajstić information content (AvgIpc) is 2.47. The summed E-state index contributed by atoms with van der Waals surface area (Å²) in [4.78, 5) is 1.82. The van der Waals surface area contributed by atoms with Gasteiger partial charge in [0.1, 0.15) is 13.2 Å². The van der Waals surface area contributed by atoms with Gasteiger partial charge in [-0.05, 0) is 23.7 Å². The number of nitriles is 1. The Hall–Kier alpha value is -2.13. The number of hydrogen-bond donors (Lipinski definition) is 1. The normalized spacial score (nSPS) is 9.85. The van der Waals surface area contributed by atoms with Gasteiger partial charge in [-0.15, -0.1) is 0 Å². The van der Waals surface area contributed by atoms with Crippen molar-refractivity contribution in [2.24, 2.45) is 5.11 Å². The molecule has 0 unspecified atom stereocenters. The smallest absolute Gasteiger partial charge is 0.171 e. The Bertz CT molecular complexity index is 471. The van der Waals surface area contributed by atoms with Crippen molar-refractivity contribution in [3.8, 4) is 11.8 Å². The quantitative estimate of drug-likeness (QED) is 0.419. The molecule has 0 aliphatic rings. The molecule has 20 heavy (non-hydrogen) atoms. The molecular weight excluding hydrogens is 256 g/mol. The first-order valence-corrected chi connectivity index (χ1v) is 6.56. The maximum absolute atomic E-state index is 8.71. The van der Waals surface area contributed by atoms with Gasteiger partial charge in [0.25, 0.3) is 0 Å². The molecule has 0 aliphatic heterocycles. The highest BCUT2D eigenvalue weighted by molar-refractivity contribution is 5.61. The van der Waals surface area contributed by atoms with Gasteiger partial charge in [0.2, 0.25) is 0 Å². The van der Waals surface area contributed by atoms with Crippen molar-refractivity contribution in [3.05, 3.63) is 18.2 Å². The Morgan fingerprint density at radius 2 is 2.15 bits per heavy atom. The monoisotopic (exact) mass is 277 g/mol. The van der Waals surface area contributed by atoms with Crippen LogP contribution in [0.3, 0.4) is 0 Å². The van der Waals surface area contributed by atoms with Crippen LogP contribution in [0.25, 0.3) is 0 Å². The van der Waals surface area contributed by atoms with Crippen LogP contribution in [0.5, 0.6) is 5.75 Å². The third-order valence-electron chi connectivity index (χ3n) is 2.66. The van der Waals surface area contributed by atoms with Crippen molar-refractivity contribution in [2.45, 2.75) is 13.3 Å². The van der Waals surface area contributed by atoms with E-state index in [0.29, 0.717) is 31.2 Å². The first-order chi connectivity index (χ1) is 9.72. The number of anilines is 1. The van der Waals surface area contributed by atoms with Crippen LogP contribution in [0.15, 0.2) is 23.3 Å². The summed E-state index contributed by atoms with van der Waals surface area (Å²) < 4.78 is 11.0. The molecule has 1 aromatic carbocycles. The summed E-state index contributed by atoms with van der Waals surface area (Å²) in [6, 6.07) is 7.54. The Morgan fingerprint density at radius 1 is 1.35 bits per heavy atom.